The molecule has 0 radical (unpaired) electrons. The summed E-state index contributed by atoms with van der Waals surface area (Å²) in [6, 6.07) is 24.4. The molecular formula is C27H24N4O. The van der Waals surface area contributed by atoms with Crippen LogP contribution in [-0.4, -0.2) is 11.6 Å². The van der Waals surface area contributed by atoms with Crippen LogP contribution in [0, 0.1) is 24.8 Å². The molecule has 1 aliphatic rings. The van der Waals surface area contributed by atoms with Crippen molar-refractivity contribution in [2.45, 2.75) is 38.8 Å². The summed E-state index contributed by atoms with van der Waals surface area (Å²) in [5, 5.41) is 9.19. The first-order valence-corrected chi connectivity index (χ1v) is 10.6. The Kier molecular flexibility index (Phi) is 5.43. The number of hydrogen-bond donors (Lipinski definition) is 0. The van der Waals surface area contributed by atoms with Gasteiger partial charge in [0.1, 0.15) is 0 Å². The maximum atomic E-state index is 14.0. The highest BCUT2D eigenvalue weighted by molar-refractivity contribution is 6.08. The molecule has 0 bridgehead atoms. The average Bonchev–Trinajstić information content (AvgIpc) is 3.06. The quantitative estimate of drug-likeness (QED) is 0.437. The summed E-state index contributed by atoms with van der Waals surface area (Å²) in [6.07, 6.45) is 0.730. The summed E-state index contributed by atoms with van der Waals surface area (Å²) in [5.41, 5.74) is 4.27. The van der Waals surface area contributed by atoms with Crippen molar-refractivity contribution in [3.63, 3.8) is 0 Å². The third-order valence-corrected chi connectivity index (χ3v) is 6.34. The average molecular weight is 421 g/mol. The molecule has 0 aromatic heterocycles. The third-order valence-electron chi connectivity index (χ3n) is 6.34. The molecule has 1 heterocycles. The zero-order valence-electron chi connectivity index (χ0n) is 18.4. The zero-order chi connectivity index (χ0) is 22.9. The number of anilines is 2. The lowest BCUT2D eigenvalue weighted by molar-refractivity contribution is 0.254. The molecule has 5 heteroatoms. The predicted octanol–water partition coefficient (Wildman–Crippen LogP) is 6.77. The zero-order valence-corrected chi connectivity index (χ0v) is 18.4. The second kappa shape index (κ2) is 8.21. The standard InChI is InChI=1S/C27H24N4O/c1-5-27(3)25(21-8-6-7-19(2)17-21)30(23-15-11-22(29-4)12-16-23)26(32)31(27)24-13-9-20(18-28)10-14-24/h6-17,25H,5H2,1-3H3/t25-,27-/m0/s1. The number of hydrogen-bond acceptors (Lipinski definition) is 2. The fraction of sp³-hybridized carbons (Fsp3) is 0.222. The Labute approximate surface area is 189 Å². The van der Waals surface area contributed by atoms with Gasteiger partial charge in [-0.15, -0.1) is 0 Å². The summed E-state index contributed by atoms with van der Waals surface area (Å²) >= 11 is 0. The Morgan fingerprint density at radius 2 is 1.72 bits per heavy atom. The number of rotatable bonds is 4. The van der Waals surface area contributed by atoms with E-state index in [1.807, 2.05) is 40.1 Å². The van der Waals surface area contributed by atoms with Crippen LogP contribution in [0.3, 0.4) is 0 Å². The fourth-order valence-electron chi connectivity index (χ4n) is 4.57. The molecular weight excluding hydrogens is 396 g/mol. The highest BCUT2D eigenvalue weighted by Crippen LogP contribution is 2.49. The summed E-state index contributed by atoms with van der Waals surface area (Å²) in [6.45, 7) is 13.5. The number of nitriles is 1. The normalized spacial score (nSPS) is 20.2. The first-order valence-electron chi connectivity index (χ1n) is 10.6. The molecule has 0 spiro atoms. The number of amides is 2. The van der Waals surface area contributed by atoms with Crippen LogP contribution >= 0.6 is 0 Å². The largest absolute Gasteiger partial charge is 0.330 e. The summed E-state index contributed by atoms with van der Waals surface area (Å²) < 4.78 is 0. The van der Waals surface area contributed by atoms with Crippen LogP contribution in [0.4, 0.5) is 21.9 Å². The second-order valence-corrected chi connectivity index (χ2v) is 8.30. The Morgan fingerprint density at radius 1 is 1.06 bits per heavy atom. The smallest absolute Gasteiger partial charge is 0.286 e. The van der Waals surface area contributed by atoms with Gasteiger partial charge in [0.05, 0.1) is 29.8 Å². The predicted molar refractivity (Wildman–Crippen MR) is 127 cm³/mol. The number of aryl methyl sites for hydroxylation is 1. The van der Waals surface area contributed by atoms with Gasteiger partial charge in [0.25, 0.3) is 0 Å². The molecule has 158 valence electrons. The molecule has 1 fully saturated rings. The highest BCUT2D eigenvalue weighted by atomic mass is 16.2. The van der Waals surface area contributed by atoms with Crippen molar-refractivity contribution in [1.29, 1.82) is 5.26 Å². The van der Waals surface area contributed by atoms with Crippen molar-refractivity contribution in [3.8, 4) is 6.07 Å². The van der Waals surface area contributed by atoms with Crippen LogP contribution in [0.15, 0.2) is 72.8 Å². The van der Waals surface area contributed by atoms with E-state index in [1.54, 1.807) is 24.3 Å². The molecule has 2 atom stereocenters. The van der Waals surface area contributed by atoms with Crippen molar-refractivity contribution >= 4 is 23.1 Å². The Balaban J connectivity index is 1.92. The van der Waals surface area contributed by atoms with E-state index in [0.29, 0.717) is 11.3 Å². The molecule has 0 N–H and O–H groups in total. The van der Waals surface area contributed by atoms with Crippen molar-refractivity contribution < 1.29 is 4.79 Å². The van der Waals surface area contributed by atoms with Crippen LogP contribution in [0.1, 0.15) is 43.0 Å². The van der Waals surface area contributed by atoms with Crippen LogP contribution in [0.2, 0.25) is 0 Å². The minimum Gasteiger partial charge on any atom is -0.286 e. The molecule has 5 nitrogen and oxygen atoms in total. The first-order chi connectivity index (χ1) is 15.4. The van der Waals surface area contributed by atoms with E-state index < -0.39 is 5.54 Å². The van der Waals surface area contributed by atoms with E-state index in [1.165, 1.54) is 0 Å². The molecule has 32 heavy (non-hydrogen) atoms. The van der Waals surface area contributed by atoms with Gasteiger partial charge in [-0.05, 0) is 62.2 Å². The Morgan fingerprint density at radius 3 is 2.28 bits per heavy atom. The van der Waals surface area contributed by atoms with Crippen molar-refractivity contribution in [2.75, 3.05) is 9.80 Å². The summed E-state index contributed by atoms with van der Waals surface area (Å²) in [5.74, 6) is 0. The highest BCUT2D eigenvalue weighted by Gasteiger charge is 2.55. The number of urea groups is 1. The van der Waals surface area contributed by atoms with E-state index in [-0.39, 0.29) is 12.1 Å². The van der Waals surface area contributed by atoms with Gasteiger partial charge in [-0.25, -0.2) is 9.64 Å². The number of benzene rings is 3. The topological polar surface area (TPSA) is 51.7 Å². The monoisotopic (exact) mass is 420 g/mol. The molecule has 0 unspecified atom stereocenters. The number of carbonyl (C=O) groups excluding carboxylic acids is 1. The van der Waals surface area contributed by atoms with Crippen LogP contribution in [-0.2, 0) is 0 Å². The number of nitrogens with zero attached hydrogens (tertiary/aromatic N) is 4. The van der Waals surface area contributed by atoms with E-state index in [2.05, 4.69) is 49.9 Å². The Hall–Kier alpha value is -4.09. The SMILES string of the molecule is [C-]#[N+]c1ccc(N2C(=O)N(c3ccc(C#N)cc3)[C@@](C)(CC)[C@@H]2c2cccc(C)c2)cc1. The van der Waals surface area contributed by atoms with Crippen LogP contribution in [0.25, 0.3) is 4.85 Å². The first kappa shape index (κ1) is 21.2. The summed E-state index contributed by atoms with van der Waals surface area (Å²) in [4.78, 5) is 21.2. The minimum absolute atomic E-state index is 0.124. The molecule has 1 aliphatic heterocycles. The van der Waals surface area contributed by atoms with E-state index in [0.717, 1.165) is 28.9 Å². The van der Waals surface area contributed by atoms with Gasteiger partial charge in [-0.3, -0.25) is 9.80 Å². The van der Waals surface area contributed by atoms with E-state index in [9.17, 15) is 10.1 Å². The third kappa shape index (κ3) is 3.39. The molecule has 0 aliphatic carbocycles. The lowest BCUT2D eigenvalue weighted by Gasteiger charge is -2.38. The second-order valence-electron chi connectivity index (χ2n) is 8.30. The molecule has 0 saturated carbocycles. The maximum Gasteiger partial charge on any atom is 0.330 e. The van der Waals surface area contributed by atoms with Crippen LogP contribution in [0.5, 0.6) is 0 Å². The van der Waals surface area contributed by atoms with Crippen molar-refractivity contribution in [3.05, 3.63) is 101 Å². The van der Waals surface area contributed by atoms with Crippen LogP contribution < -0.4 is 9.80 Å². The van der Waals surface area contributed by atoms with Crippen molar-refractivity contribution in [1.82, 2.24) is 0 Å². The maximum absolute atomic E-state index is 14.0. The molecule has 4 rings (SSSR count). The van der Waals surface area contributed by atoms with Gasteiger partial charge in [0, 0.05) is 11.4 Å². The van der Waals surface area contributed by atoms with E-state index >= 15 is 0 Å². The van der Waals surface area contributed by atoms with Gasteiger partial charge in [0.2, 0.25) is 0 Å². The molecule has 1 saturated heterocycles. The van der Waals surface area contributed by atoms with E-state index in [4.69, 9.17) is 6.57 Å². The number of carbonyl (C=O) groups is 1. The van der Waals surface area contributed by atoms with Gasteiger partial charge < -0.3 is 0 Å². The lowest BCUT2D eigenvalue weighted by atomic mass is 9.83. The fourth-order valence-corrected chi connectivity index (χ4v) is 4.57. The minimum atomic E-state index is -0.530. The molecule has 3 aromatic carbocycles. The van der Waals surface area contributed by atoms with Gasteiger partial charge in [-0.2, -0.15) is 5.26 Å². The lowest BCUT2D eigenvalue weighted by Crippen LogP contribution is -2.45. The van der Waals surface area contributed by atoms with Gasteiger partial charge in [-0.1, -0.05) is 48.9 Å². The Bertz CT molecular complexity index is 1230. The van der Waals surface area contributed by atoms with Gasteiger partial charge in [0.15, 0.2) is 5.69 Å². The molecule has 3 aromatic rings. The summed E-state index contributed by atoms with van der Waals surface area (Å²) in [7, 11) is 0. The van der Waals surface area contributed by atoms with Crippen molar-refractivity contribution in [2.24, 2.45) is 0 Å². The van der Waals surface area contributed by atoms with Gasteiger partial charge >= 0.3 is 6.03 Å². The molecule has 2 amide bonds.